The van der Waals surface area contributed by atoms with Crippen LogP contribution in [0.15, 0.2) is 28.8 Å². The van der Waals surface area contributed by atoms with Crippen molar-refractivity contribution in [3.8, 4) is 0 Å². The van der Waals surface area contributed by atoms with Crippen LogP contribution >= 0.6 is 0 Å². The van der Waals surface area contributed by atoms with Crippen molar-refractivity contribution in [2.24, 2.45) is 0 Å². The fourth-order valence-electron chi connectivity index (χ4n) is 3.71. The number of nitrogens with zero attached hydrogens (tertiary/aromatic N) is 2. The van der Waals surface area contributed by atoms with Gasteiger partial charge in [-0.3, -0.25) is 4.79 Å². The predicted octanol–water partition coefficient (Wildman–Crippen LogP) is 4.41. The van der Waals surface area contributed by atoms with Gasteiger partial charge >= 0.3 is 0 Å². The van der Waals surface area contributed by atoms with E-state index in [2.05, 4.69) is 53.6 Å². The van der Waals surface area contributed by atoms with Gasteiger partial charge in [0.2, 0.25) is 11.8 Å². The van der Waals surface area contributed by atoms with E-state index in [0.717, 1.165) is 32.1 Å². The van der Waals surface area contributed by atoms with E-state index in [9.17, 15) is 4.79 Å². The van der Waals surface area contributed by atoms with E-state index in [-0.39, 0.29) is 5.91 Å². The number of hydrogen-bond acceptors (Lipinski definition) is 4. The summed E-state index contributed by atoms with van der Waals surface area (Å²) in [6.45, 7) is 6.16. The van der Waals surface area contributed by atoms with Gasteiger partial charge in [0.15, 0.2) is 5.82 Å². The SMILES string of the molecule is Cc1nc(C2(NC(=O)CCc3ccc(C(C)C)cc3)CCCCC2)no1. The molecule has 1 heterocycles. The Morgan fingerprint density at radius 3 is 2.46 bits per heavy atom. The van der Waals surface area contributed by atoms with Crippen LogP contribution in [0.3, 0.4) is 0 Å². The summed E-state index contributed by atoms with van der Waals surface area (Å²) in [6.07, 6.45) is 6.30. The number of benzene rings is 1. The van der Waals surface area contributed by atoms with Crippen molar-refractivity contribution in [2.45, 2.75) is 77.2 Å². The third-order valence-electron chi connectivity index (χ3n) is 5.33. The molecule has 1 aliphatic carbocycles. The number of rotatable bonds is 6. The van der Waals surface area contributed by atoms with Crippen LogP contribution in [0.2, 0.25) is 0 Å². The molecule has 1 amide bonds. The third kappa shape index (κ3) is 4.32. The van der Waals surface area contributed by atoms with Crippen LogP contribution in [0, 0.1) is 6.92 Å². The van der Waals surface area contributed by atoms with Gasteiger partial charge in [-0.15, -0.1) is 0 Å². The van der Waals surface area contributed by atoms with Crippen molar-refractivity contribution in [1.82, 2.24) is 15.5 Å². The lowest BCUT2D eigenvalue weighted by Crippen LogP contribution is -2.48. The van der Waals surface area contributed by atoms with Gasteiger partial charge in [-0.1, -0.05) is 62.5 Å². The Morgan fingerprint density at radius 2 is 1.88 bits per heavy atom. The minimum absolute atomic E-state index is 0.0577. The Balaban J connectivity index is 1.63. The average Bonchev–Trinajstić information content (AvgIpc) is 3.08. The van der Waals surface area contributed by atoms with E-state index < -0.39 is 5.54 Å². The number of aryl methyl sites for hydroxylation is 2. The lowest BCUT2D eigenvalue weighted by Gasteiger charge is -2.35. The summed E-state index contributed by atoms with van der Waals surface area (Å²) in [5.41, 5.74) is 2.05. The van der Waals surface area contributed by atoms with Crippen molar-refractivity contribution in [3.63, 3.8) is 0 Å². The highest BCUT2D eigenvalue weighted by atomic mass is 16.5. The second-order valence-corrected chi connectivity index (χ2v) is 7.72. The molecule has 0 unspecified atom stereocenters. The van der Waals surface area contributed by atoms with E-state index in [1.807, 2.05) is 0 Å². The number of hydrogen-bond donors (Lipinski definition) is 1. The maximum Gasteiger partial charge on any atom is 0.223 e. The van der Waals surface area contributed by atoms with Crippen LogP contribution in [0.5, 0.6) is 0 Å². The summed E-state index contributed by atoms with van der Waals surface area (Å²) in [6, 6.07) is 8.56. The van der Waals surface area contributed by atoms with Gasteiger partial charge in [-0.05, 0) is 36.3 Å². The van der Waals surface area contributed by atoms with Gasteiger partial charge in [0.1, 0.15) is 5.54 Å². The molecule has 0 aliphatic heterocycles. The second kappa shape index (κ2) is 8.02. The van der Waals surface area contributed by atoms with Crippen molar-refractivity contribution in [2.75, 3.05) is 0 Å². The first-order valence-electron chi connectivity index (χ1n) is 9.69. The molecule has 1 fully saturated rings. The molecular formula is C21H29N3O2. The molecule has 1 N–H and O–H groups in total. The molecule has 26 heavy (non-hydrogen) atoms. The van der Waals surface area contributed by atoms with Crippen molar-refractivity contribution in [1.29, 1.82) is 0 Å². The molecule has 0 spiro atoms. The fourth-order valence-corrected chi connectivity index (χ4v) is 3.71. The summed E-state index contributed by atoms with van der Waals surface area (Å²) in [5, 5.41) is 7.35. The zero-order chi connectivity index (χ0) is 18.6. The molecular weight excluding hydrogens is 326 g/mol. The summed E-state index contributed by atoms with van der Waals surface area (Å²) >= 11 is 0. The van der Waals surface area contributed by atoms with Crippen LogP contribution in [-0.4, -0.2) is 16.0 Å². The number of aromatic nitrogens is 2. The Bertz CT molecular complexity index is 728. The van der Waals surface area contributed by atoms with Crippen LogP contribution in [0.4, 0.5) is 0 Å². The van der Waals surface area contributed by atoms with Crippen molar-refractivity contribution in [3.05, 3.63) is 47.1 Å². The van der Waals surface area contributed by atoms with Gasteiger partial charge in [-0.2, -0.15) is 4.98 Å². The molecule has 140 valence electrons. The highest BCUT2D eigenvalue weighted by molar-refractivity contribution is 5.77. The van der Waals surface area contributed by atoms with E-state index >= 15 is 0 Å². The van der Waals surface area contributed by atoms with Gasteiger partial charge in [0.05, 0.1) is 0 Å². The number of carbonyl (C=O) groups is 1. The van der Waals surface area contributed by atoms with E-state index in [1.54, 1.807) is 6.92 Å². The maximum absolute atomic E-state index is 12.6. The molecule has 0 radical (unpaired) electrons. The van der Waals surface area contributed by atoms with Crippen molar-refractivity contribution >= 4 is 5.91 Å². The molecule has 0 saturated heterocycles. The van der Waals surface area contributed by atoms with E-state index in [1.165, 1.54) is 17.5 Å². The third-order valence-corrected chi connectivity index (χ3v) is 5.33. The monoisotopic (exact) mass is 355 g/mol. The molecule has 2 aromatic rings. The highest BCUT2D eigenvalue weighted by Gasteiger charge is 2.39. The Hall–Kier alpha value is -2.17. The minimum atomic E-state index is -0.464. The topological polar surface area (TPSA) is 68.0 Å². The van der Waals surface area contributed by atoms with Gasteiger partial charge in [0, 0.05) is 13.3 Å². The molecule has 3 rings (SSSR count). The first-order chi connectivity index (χ1) is 12.5. The zero-order valence-corrected chi connectivity index (χ0v) is 16.0. The molecule has 1 aromatic heterocycles. The smallest absolute Gasteiger partial charge is 0.223 e. The molecule has 5 heteroatoms. The van der Waals surface area contributed by atoms with Crippen LogP contribution in [0.1, 0.15) is 81.1 Å². The number of amides is 1. The summed E-state index contributed by atoms with van der Waals surface area (Å²) < 4.78 is 5.17. The molecule has 0 bridgehead atoms. The molecule has 0 atom stereocenters. The molecule has 1 aliphatic rings. The van der Waals surface area contributed by atoms with Crippen LogP contribution in [0.25, 0.3) is 0 Å². The molecule has 1 saturated carbocycles. The average molecular weight is 355 g/mol. The first-order valence-corrected chi connectivity index (χ1v) is 9.69. The first kappa shape index (κ1) is 18.6. The molecule has 5 nitrogen and oxygen atoms in total. The Kier molecular flexibility index (Phi) is 5.74. The van der Waals surface area contributed by atoms with Crippen LogP contribution < -0.4 is 5.32 Å². The standard InChI is InChI=1S/C21H29N3O2/c1-15(2)18-10-7-17(8-11-18)9-12-19(25)23-21(13-5-4-6-14-21)20-22-16(3)26-24-20/h7-8,10-11,15H,4-6,9,12-14H2,1-3H3,(H,23,25). The number of nitrogens with one attached hydrogen (secondary N) is 1. The maximum atomic E-state index is 12.6. The Morgan fingerprint density at radius 1 is 1.19 bits per heavy atom. The predicted molar refractivity (Wildman–Crippen MR) is 101 cm³/mol. The van der Waals surface area contributed by atoms with Gasteiger partial charge < -0.3 is 9.84 Å². The highest BCUT2D eigenvalue weighted by Crippen LogP contribution is 2.35. The van der Waals surface area contributed by atoms with Gasteiger partial charge in [-0.25, -0.2) is 0 Å². The normalized spacial score (nSPS) is 16.6. The molecule has 1 aromatic carbocycles. The second-order valence-electron chi connectivity index (χ2n) is 7.72. The lowest BCUT2D eigenvalue weighted by atomic mass is 9.80. The largest absolute Gasteiger partial charge is 0.343 e. The summed E-state index contributed by atoms with van der Waals surface area (Å²) in [5.74, 6) is 1.76. The van der Waals surface area contributed by atoms with Crippen molar-refractivity contribution < 1.29 is 9.32 Å². The Labute approximate surface area is 155 Å². The minimum Gasteiger partial charge on any atom is -0.343 e. The van der Waals surface area contributed by atoms with Crippen LogP contribution in [-0.2, 0) is 16.8 Å². The summed E-state index contributed by atoms with van der Waals surface area (Å²) in [7, 11) is 0. The number of carbonyl (C=O) groups excluding carboxylic acids is 1. The lowest BCUT2D eigenvalue weighted by molar-refractivity contribution is -0.123. The summed E-state index contributed by atoms with van der Waals surface area (Å²) in [4.78, 5) is 17.1. The zero-order valence-electron chi connectivity index (χ0n) is 16.0. The quantitative estimate of drug-likeness (QED) is 0.833. The fraction of sp³-hybridized carbons (Fsp3) is 0.571. The van der Waals surface area contributed by atoms with E-state index in [0.29, 0.717) is 24.1 Å². The van der Waals surface area contributed by atoms with E-state index in [4.69, 9.17) is 4.52 Å². The van der Waals surface area contributed by atoms with Gasteiger partial charge in [0.25, 0.3) is 0 Å².